The van der Waals surface area contributed by atoms with Crippen LogP contribution >= 0.6 is 23.2 Å². The SMILES string of the molecule is COc1ccccc1CN(C)C(=O)NCCC=Cc1ccc(Cl)c(Cl)c1. The molecule has 0 radical (unpaired) electrons. The quantitative estimate of drug-likeness (QED) is 0.653. The number of para-hydroxylation sites is 1. The molecule has 4 nitrogen and oxygen atoms in total. The number of nitrogens with zero attached hydrogens (tertiary/aromatic N) is 1. The van der Waals surface area contributed by atoms with E-state index in [-0.39, 0.29) is 6.03 Å². The van der Waals surface area contributed by atoms with Crippen molar-refractivity contribution in [1.29, 1.82) is 0 Å². The van der Waals surface area contributed by atoms with Crippen LogP contribution in [0.2, 0.25) is 10.0 Å². The van der Waals surface area contributed by atoms with Gasteiger partial charge in [0.1, 0.15) is 5.75 Å². The van der Waals surface area contributed by atoms with Gasteiger partial charge < -0.3 is 15.0 Å². The monoisotopic (exact) mass is 392 g/mol. The van der Waals surface area contributed by atoms with Crippen molar-refractivity contribution in [2.45, 2.75) is 13.0 Å². The van der Waals surface area contributed by atoms with Crippen molar-refractivity contribution in [2.24, 2.45) is 0 Å². The molecule has 0 bridgehead atoms. The summed E-state index contributed by atoms with van der Waals surface area (Å²) in [6, 6.07) is 13.0. The van der Waals surface area contributed by atoms with E-state index in [1.54, 1.807) is 31.2 Å². The summed E-state index contributed by atoms with van der Waals surface area (Å²) in [4.78, 5) is 13.8. The second-order valence-corrected chi connectivity index (χ2v) is 6.58. The van der Waals surface area contributed by atoms with Crippen LogP contribution in [0, 0.1) is 0 Å². The average Bonchev–Trinajstić information content (AvgIpc) is 2.64. The largest absolute Gasteiger partial charge is 0.496 e. The van der Waals surface area contributed by atoms with Crippen molar-refractivity contribution in [3.63, 3.8) is 0 Å². The Morgan fingerprint density at radius 1 is 1.19 bits per heavy atom. The third kappa shape index (κ3) is 5.97. The van der Waals surface area contributed by atoms with Crippen LogP contribution in [0.15, 0.2) is 48.5 Å². The van der Waals surface area contributed by atoms with Gasteiger partial charge in [-0.3, -0.25) is 0 Å². The first kappa shape index (κ1) is 20.1. The maximum absolute atomic E-state index is 12.2. The van der Waals surface area contributed by atoms with Crippen LogP contribution in [-0.4, -0.2) is 31.6 Å². The Morgan fingerprint density at radius 2 is 1.96 bits per heavy atom. The number of methoxy groups -OCH3 is 1. The zero-order valence-corrected chi connectivity index (χ0v) is 16.3. The van der Waals surface area contributed by atoms with Crippen LogP contribution < -0.4 is 10.1 Å². The molecule has 1 N–H and O–H groups in total. The van der Waals surface area contributed by atoms with E-state index < -0.39 is 0 Å². The lowest BCUT2D eigenvalue weighted by atomic mass is 10.2. The molecule has 0 aliphatic heterocycles. The van der Waals surface area contributed by atoms with Gasteiger partial charge in [0.15, 0.2) is 0 Å². The topological polar surface area (TPSA) is 41.6 Å². The molecule has 0 saturated carbocycles. The van der Waals surface area contributed by atoms with Gasteiger partial charge in [0.25, 0.3) is 0 Å². The maximum Gasteiger partial charge on any atom is 0.317 e. The molecule has 0 saturated heterocycles. The molecule has 2 aromatic carbocycles. The summed E-state index contributed by atoms with van der Waals surface area (Å²) < 4.78 is 5.31. The first-order valence-corrected chi connectivity index (χ1v) is 8.99. The first-order valence-electron chi connectivity index (χ1n) is 8.23. The molecular formula is C20H22Cl2N2O2. The van der Waals surface area contributed by atoms with Crippen LogP contribution in [0.5, 0.6) is 5.75 Å². The minimum absolute atomic E-state index is 0.126. The number of urea groups is 1. The van der Waals surface area contributed by atoms with Crippen molar-refractivity contribution < 1.29 is 9.53 Å². The summed E-state index contributed by atoms with van der Waals surface area (Å²) >= 11 is 11.9. The summed E-state index contributed by atoms with van der Waals surface area (Å²) in [6.45, 7) is 1.03. The predicted octanol–water partition coefficient (Wildman–Crippen LogP) is 5.25. The molecule has 2 amide bonds. The second-order valence-electron chi connectivity index (χ2n) is 5.76. The number of ether oxygens (including phenoxy) is 1. The molecule has 0 heterocycles. The van der Waals surface area contributed by atoms with E-state index in [0.717, 1.165) is 16.9 Å². The number of carbonyl (C=O) groups is 1. The van der Waals surface area contributed by atoms with Crippen LogP contribution in [0.25, 0.3) is 6.08 Å². The number of carbonyl (C=O) groups excluding carboxylic acids is 1. The molecule has 0 aliphatic carbocycles. The Morgan fingerprint density at radius 3 is 2.69 bits per heavy atom. The summed E-state index contributed by atoms with van der Waals surface area (Å²) in [5, 5.41) is 3.96. The Balaban J connectivity index is 1.77. The minimum Gasteiger partial charge on any atom is -0.496 e. The average molecular weight is 393 g/mol. The molecule has 0 unspecified atom stereocenters. The third-order valence-electron chi connectivity index (χ3n) is 3.79. The van der Waals surface area contributed by atoms with Crippen molar-refractivity contribution in [3.8, 4) is 5.75 Å². The highest BCUT2D eigenvalue weighted by Crippen LogP contribution is 2.23. The summed E-state index contributed by atoms with van der Waals surface area (Å²) in [6.07, 6.45) is 4.65. The molecule has 138 valence electrons. The Bertz CT molecular complexity index is 778. The van der Waals surface area contributed by atoms with Crippen LogP contribution in [0.3, 0.4) is 0 Å². The molecule has 0 spiro atoms. The molecule has 0 atom stereocenters. The Hall–Kier alpha value is -2.17. The predicted molar refractivity (Wildman–Crippen MR) is 108 cm³/mol. The van der Waals surface area contributed by atoms with Crippen molar-refractivity contribution in [2.75, 3.05) is 20.7 Å². The number of benzene rings is 2. The Kier molecular flexibility index (Phi) is 7.82. The van der Waals surface area contributed by atoms with Gasteiger partial charge in [0, 0.05) is 19.2 Å². The van der Waals surface area contributed by atoms with E-state index in [1.807, 2.05) is 42.5 Å². The van der Waals surface area contributed by atoms with E-state index in [2.05, 4.69) is 5.32 Å². The van der Waals surface area contributed by atoms with E-state index in [4.69, 9.17) is 27.9 Å². The van der Waals surface area contributed by atoms with Crippen LogP contribution in [-0.2, 0) is 6.54 Å². The highest BCUT2D eigenvalue weighted by Gasteiger charge is 2.10. The van der Waals surface area contributed by atoms with Crippen LogP contribution in [0.4, 0.5) is 4.79 Å². The zero-order valence-electron chi connectivity index (χ0n) is 14.8. The van der Waals surface area contributed by atoms with Gasteiger partial charge in [-0.2, -0.15) is 0 Å². The highest BCUT2D eigenvalue weighted by atomic mass is 35.5. The molecule has 0 aromatic heterocycles. The molecule has 2 aromatic rings. The molecule has 6 heteroatoms. The van der Waals surface area contributed by atoms with Gasteiger partial charge in [0.05, 0.1) is 23.7 Å². The number of hydrogen-bond donors (Lipinski definition) is 1. The fourth-order valence-electron chi connectivity index (χ4n) is 2.39. The standard InChI is InChI=1S/C20H22Cl2N2O2/c1-24(14-16-8-3-4-9-19(16)26-2)20(25)23-12-6-5-7-15-10-11-17(21)18(22)13-15/h3-5,7-11,13H,6,12,14H2,1-2H3,(H,23,25). The Labute approximate surface area is 164 Å². The zero-order chi connectivity index (χ0) is 18.9. The van der Waals surface area contributed by atoms with Crippen LogP contribution in [0.1, 0.15) is 17.5 Å². The van der Waals surface area contributed by atoms with Gasteiger partial charge >= 0.3 is 6.03 Å². The summed E-state index contributed by atoms with van der Waals surface area (Å²) in [7, 11) is 3.38. The molecule has 26 heavy (non-hydrogen) atoms. The molecular weight excluding hydrogens is 371 g/mol. The molecule has 0 aliphatic rings. The highest BCUT2D eigenvalue weighted by molar-refractivity contribution is 6.42. The van der Waals surface area contributed by atoms with Gasteiger partial charge in [-0.1, -0.05) is 59.6 Å². The molecule has 0 fully saturated rings. The number of halogens is 2. The van der Waals surface area contributed by atoms with Crippen molar-refractivity contribution in [1.82, 2.24) is 10.2 Å². The number of hydrogen-bond acceptors (Lipinski definition) is 2. The second kappa shape index (κ2) is 10.1. The summed E-state index contributed by atoms with van der Waals surface area (Å²) in [5.41, 5.74) is 1.94. The van der Waals surface area contributed by atoms with Gasteiger partial charge in [-0.25, -0.2) is 4.79 Å². The lowest BCUT2D eigenvalue weighted by Crippen LogP contribution is -2.37. The molecule has 2 rings (SSSR count). The fourth-order valence-corrected chi connectivity index (χ4v) is 2.70. The van der Waals surface area contributed by atoms with E-state index in [1.165, 1.54) is 0 Å². The smallest absolute Gasteiger partial charge is 0.317 e. The fraction of sp³-hybridized carbons (Fsp3) is 0.250. The summed E-state index contributed by atoms with van der Waals surface area (Å²) in [5.74, 6) is 0.775. The number of amides is 2. The van der Waals surface area contributed by atoms with E-state index >= 15 is 0 Å². The van der Waals surface area contributed by atoms with Crippen molar-refractivity contribution in [3.05, 3.63) is 69.7 Å². The normalized spacial score (nSPS) is 10.8. The number of nitrogens with one attached hydrogen (secondary N) is 1. The van der Waals surface area contributed by atoms with E-state index in [0.29, 0.717) is 29.6 Å². The first-order chi connectivity index (χ1) is 12.5. The van der Waals surface area contributed by atoms with Gasteiger partial charge in [0.2, 0.25) is 0 Å². The maximum atomic E-state index is 12.2. The van der Waals surface area contributed by atoms with E-state index in [9.17, 15) is 4.79 Å². The lowest BCUT2D eigenvalue weighted by Gasteiger charge is -2.19. The van der Waals surface area contributed by atoms with Crippen molar-refractivity contribution >= 4 is 35.3 Å². The van der Waals surface area contributed by atoms with Gasteiger partial charge in [-0.05, 0) is 30.2 Å². The minimum atomic E-state index is -0.126. The third-order valence-corrected chi connectivity index (χ3v) is 4.53. The van der Waals surface area contributed by atoms with Gasteiger partial charge in [-0.15, -0.1) is 0 Å². The number of rotatable bonds is 7. The lowest BCUT2D eigenvalue weighted by molar-refractivity contribution is 0.206.